The van der Waals surface area contributed by atoms with Gasteiger partial charge in [-0.1, -0.05) is 0 Å². The van der Waals surface area contributed by atoms with Crippen LogP contribution in [-0.2, 0) is 6.54 Å². The molecule has 0 aliphatic carbocycles. The van der Waals surface area contributed by atoms with Gasteiger partial charge in [-0.25, -0.2) is 9.78 Å². The predicted octanol–water partition coefficient (Wildman–Crippen LogP) is 0.919. The Morgan fingerprint density at radius 3 is 3.23 bits per heavy atom. The predicted molar refractivity (Wildman–Crippen MR) is 52.1 cm³/mol. The van der Waals surface area contributed by atoms with E-state index < -0.39 is 0 Å². The maximum absolute atomic E-state index is 11.3. The van der Waals surface area contributed by atoms with Crippen molar-refractivity contribution < 1.29 is 4.42 Å². The summed E-state index contributed by atoms with van der Waals surface area (Å²) in [5, 5.41) is 0. The normalized spacial score (nSPS) is 10.8. The maximum Gasteiger partial charge on any atom is 0.421 e. The van der Waals surface area contributed by atoms with E-state index in [4.69, 9.17) is 4.42 Å². The Balaban J connectivity index is 2.71. The van der Waals surface area contributed by atoms with Crippen molar-refractivity contribution in [3.8, 4) is 0 Å². The Labute approximate surface area is 79.6 Å². The van der Waals surface area contributed by atoms with Crippen LogP contribution in [0.2, 0.25) is 0 Å². The summed E-state index contributed by atoms with van der Waals surface area (Å²) in [4.78, 5) is 15.3. The van der Waals surface area contributed by atoms with Gasteiger partial charge in [0.05, 0.1) is 0 Å². The number of aromatic nitrogens is 2. The summed E-state index contributed by atoms with van der Waals surface area (Å²) in [6, 6.07) is 3.45. The molecule has 0 N–H and O–H groups in total. The molecule has 13 heavy (non-hydrogen) atoms. The van der Waals surface area contributed by atoms with Crippen LogP contribution in [0.5, 0.6) is 0 Å². The van der Waals surface area contributed by atoms with Crippen molar-refractivity contribution in [3.05, 3.63) is 28.9 Å². The molecule has 2 heterocycles. The van der Waals surface area contributed by atoms with Gasteiger partial charge in [-0.2, -0.15) is 12.6 Å². The molecular formula is C8H8N2O2S. The highest BCUT2D eigenvalue weighted by Crippen LogP contribution is 2.07. The molecule has 2 aromatic heterocycles. The van der Waals surface area contributed by atoms with Gasteiger partial charge < -0.3 is 4.42 Å². The molecule has 0 radical (unpaired) electrons. The van der Waals surface area contributed by atoms with Crippen molar-refractivity contribution in [2.45, 2.75) is 6.54 Å². The summed E-state index contributed by atoms with van der Waals surface area (Å²) in [6.07, 6.45) is 1.63. The first kappa shape index (κ1) is 8.37. The lowest BCUT2D eigenvalue weighted by atomic mass is 10.4. The van der Waals surface area contributed by atoms with Crippen LogP contribution in [0, 0.1) is 0 Å². The zero-order valence-electron chi connectivity index (χ0n) is 6.80. The fourth-order valence-electron chi connectivity index (χ4n) is 1.20. The van der Waals surface area contributed by atoms with Crippen LogP contribution in [-0.4, -0.2) is 15.3 Å². The van der Waals surface area contributed by atoms with Crippen molar-refractivity contribution in [2.75, 3.05) is 5.75 Å². The second kappa shape index (κ2) is 3.26. The topological polar surface area (TPSA) is 48.0 Å². The average Bonchev–Trinajstić information content (AvgIpc) is 2.44. The third-order valence-electron chi connectivity index (χ3n) is 1.75. The maximum atomic E-state index is 11.3. The number of rotatable bonds is 2. The summed E-state index contributed by atoms with van der Waals surface area (Å²) < 4.78 is 6.44. The van der Waals surface area contributed by atoms with E-state index in [1.807, 2.05) is 0 Å². The number of aryl methyl sites for hydroxylation is 1. The molecule has 0 atom stereocenters. The summed E-state index contributed by atoms with van der Waals surface area (Å²) in [7, 11) is 0. The summed E-state index contributed by atoms with van der Waals surface area (Å²) >= 11 is 4.05. The quantitative estimate of drug-likeness (QED) is 0.726. The standard InChI is InChI=1S/C8H8N2O2S/c11-8-10(4-5-13)7-6(12-8)2-1-3-9-7/h1-3,13H,4-5H2. The molecule has 0 unspecified atom stereocenters. The van der Waals surface area contributed by atoms with E-state index in [1.54, 1.807) is 18.3 Å². The molecule has 2 rings (SSSR count). The number of hydrogen-bond acceptors (Lipinski definition) is 4. The highest BCUT2D eigenvalue weighted by atomic mass is 32.1. The van der Waals surface area contributed by atoms with E-state index in [0.29, 0.717) is 23.5 Å². The van der Waals surface area contributed by atoms with Crippen LogP contribution in [0.15, 0.2) is 27.5 Å². The smallest absolute Gasteiger partial charge is 0.406 e. The molecule has 2 aromatic rings. The fourth-order valence-corrected chi connectivity index (χ4v) is 1.40. The largest absolute Gasteiger partial charge is 0.421 e. The van der Waals surface area contributed by atoms with E-state index >= 15 is 0 Å². The van der Waals surface area contributed by atoms with Gasteiger partial charge in [-0.15, -0.1) is 0 Å². The lowest BCUT2D eigenvalue weighted by Gasteiger charge is -1.95. The first-order valence-electron chi connectivity index (χ1n) is 3.88. The molecule has 0 fully saturated rings. The van der Waals surface area contributed by atoms with Gasteiger partial charge in [0.2, 0.25) is 0 Å². The number of hydrogen-bond donors (Lipinski definition) is 1. The van der Waals surface area contributed by atoms with Crippen molar-refractivity contribution in [2.24, 2.45) is 0 Å². The third-order valence-corrected chi connectivity index (χ3v) is 1.95. The highest BCUT2D eigenvalue weighted by Gasteiger charge is 2.07. The first-order valence-corrected chi connectivity index (χ1v) is 4.51. The molecule has 4 nitrogen and oxygen atoms in total. The Kier molecular flexibility index (Phi) is 2.10. The minimum absolute atomic E-state index is 0.372. The third kappa shape index (κ3) is 1.35. The number of pyridine rings is 1. The minimum Gasteiger partial charge on any atom is -0.406 e. The van der Waals surface area contributed by atoms with Gasteiger partial charge >= 0.3 is 5.76 Å². The zero-order chi connectivity index (χ0) is 9.26. The number of thiol groups is 1. The van der Waals surface area contributed by atoms with Crippen molar-refractivity contribution in [3.63, 3.8) is 0 Å². The summed E-state index contributed by atoms with van der Waals surface area (Å²) in [6.45, 7) is 0.520. The zero-order valence-corrected chi connectivity index (χ0v) is 7.70. The van der Waals surface area contributed by atoms with E-state index in [2.05, 4.69) is 17.6 Å². The lowest BCUT2D eigenvalue weighted by Crippen LogP contribution is -2.15. The molecule has 0 bridgehead atoms. The molecule has 68 valence electrons. The van der Waals surface area contributed by atoms with Crippen LogP contribution < -0.4 is 5.76 Å². The van der Waals surface area contributed by atoms with Gasteiger partial charge in [0.15, 0.2) is 11.2 Å². The summed E-state index contributed by atoms with van der Waals surface area (Å²) in [5.41, 5.74) is 1.11. The molecule has 0 aliphatic heterocycles. The Morgan fingerprint density at radius 1 is 1.62 bits per heavy atom. The van der Waals surface area contributed by atoms with Gasteiger partial charge in [0.1, 0.15) is 0 Å². The molecular weight excluding hydrogens is 188 g/mol. The van der Waals surface area contributed by atoms with Crippen molar-refractivity contribution in [1.29, 1.82) is 0 Å². The number of nitrogens with zero attached hydrogens (tertiary/aromatic N) is 2. The molecule has 0 saturated heterocycles. The van der Waals surface area contributed by atoms with Gasteiger partial charge in [-0.05, 0) is 12.1 Å². The van der Waals surface area contributed by atoms with E-state index in [0.717, 1.165) is 0 Å². The molecule has 0 spiro atoms. The van der Waals surface area contributed by atoms with Gasteiger partial charge in [0, 0.05) is 18.5 Å². The van der Waals surface area contributed by atoms with E-state index in [1.165, 1.54) is 4.57 Å². The van der Waals surface area contributed by atoms with E-state index in [9.17, 15) is 4.79 Å². The molecule has 0 aromatic carbocycles. The monoisotopic (exact) mass is 196 g/mol. The second-order valence-electron chi connectivity index (χ2n) is 2.57. The van der Waals surface area contributed by atoms with E-state index in [-0.39, 0.29) is 5.76 Å². The Morgan fingerprint density at radius 2 is 2.46 bits per heavy atom. The highest BCUT2D eigenvalue weighted by molar-refractivity contribution is 7.80. The summed E-state index contributed by atoms with van der Waals surface area (Å²) in [5.74, 6) is 0.216. The number of oxazole rings is 1. The van der Waals surface area contributed by atoms with Crippen molar-refractivity contribution >= 4 is 23.9 Å². The van der Waals surface area contributed by atoms with Gasteiger partial charge in [0.25, 0.3) is 0 Å². The van der Waals surface area contributed by atoms with Crippen LogP contribution in [0.4, 0.5) is 0 Å². The fraction of sp³-hybridized carbons (Fsp3) is 0.250. The average molecular weight is 196 g/mol. The first-order chi connectivity index (χ1) is 6.33. The lowest BCUT2D eigenvalue weighted by molar-refractivity contribution is 0.514. The Bertz CT molecular complexity index is 474. The van der Waals surface area contributed by atoms with Crippen LogP contribution in [0.3, 0.4) is 0 Å². The number of fused-ring (bicyclic) bond motifs is 1. The molecule has 0 aliphatic rings. The second-order valence-corrected chi connectivity index (χ2v) is 3.02. The molecule has 5 heteroatoms. The van der Waals surface area contributed by atoms with Crippen LogP contribution in [0.25, 0.3) is 11.2 Å². The minimum atomic E-state index is -0.372. The van der Waals surface area contributed by atoms with Gasteiger partial charge in [-0.3, -0.25) is 4.57 Å². The Hall–Kier alpha value is -1.23. The SMILES string of the molecule is O=c1oc2cccnc2n1CCS. The molecule has 0 amide bonds. The van der Waals surface area contributed by atoms with Crippen LogP contribution in [0.1, 0.15) is 0 Å². The van der Waals surface area contributed by atoms with Crippen molar-refractivity contribution in [1.82, 2.24) is 9.55 Å². The van der Waals surface area contributed by atoms with Crippen LogP contribution >= 0.6 is 12.6 Å². The molecule has 0 saturated carbocycles.